The summed E-state index contributed by atoms with van der Waals surface area (Å²) in [6, 6.07) is 20.9. The van der Waals surface area contributed by atoms with E-state index < -0.39 is 11.9 Å². The van der Waals surface area contributed by atoms with E-state index in [0.717, 1.165) is 65.4 Å². The fourth-order valence-corrected chi connectivity index (χ4v) is 5.40. The summed E-state index contributed by atoms with van der Waals surface area (Å²) in [5.41, 5.74) is 3.23. The summed E-state index contributed by atoms with van der Waals surface area (Å²) < 4.78 is 7.55. The van der Waals surface area contributed by atoms with E-state index in [1.54, 1.807) is 7.11 Å². The van der Waals surface area contributed by atoms with Gasteiger partial charge in [-0.05, 0) is 48.9 Å². The van der Waals surface area contributed by atoms with Crippen LogP contribution in [0.15, 0.2) is 83.8 Å². The second kappa shape index (κ2) is 11.7. The molecule has 3 atom stereocenters. The summed E-state index contributed by atoms with van der Waals surface area (Å²) in [4.78, 5) is 40.0. The molecule has 2 aromatic carbocycles. The minimum Gasteiger partial charge on any atom is -0.478 e. The molecule has 2 aliphatic rings. The minimum absolute atomic E-state index is 0.103. The van der Waals surface area contributed by atoms with Gasteiger partial charge in [-0.25, -0.2) is 9.59 Å². The van der Waals surface area contributed by atoms with Crippen molar-refractivity contribution in [1.29, 1.82) is 0 Å². The molecule has 2 aromatic heterocycles. The molecule has 2 fully saturated rings. The van der Waals surface area contributed by atoms with Crippen LogP contribution in [0.1, 0.15) is 36.9 Å². The molecule has 0 amide bonds. The van der Waals surface area contributed by atoms with Crippen molar-refractivity contribution < 1.29 is 24.5 Å². The Kier molecular flexibility index (Phi) is 7.93. The highest BCUT2D eigenvalue weighted by molar-refractivity contribution is 5.93. The molecule has 9 nitrogen and oxygen atoms in total. The van der Waals surface area contributed by atoms with Crippen molar-refractivity contribution in [2.24, 2.45) is 0 Å². The molecule has 1 saturated carbocycles. The normalized spacial score (nSPS) is 20.3. The molecular formula is C31H31N3O6. The van der Waals surface area contributed by atoms with Crippen LogP contribution < -0.4 is 10.5 Å². The van der Waals surface area contributed by atoms with Gasteiger partial charge in [-0.2, -0.15) is 0 Å². The Morgan fingerprint density at radius 1 is 0.975 bits per heavy atom. The van der Waals surface area contributed by atoms with Crippen molar-refractivity contribution in [2.45, 2.75) is 37.3 Å². The number of aliphatic carboxylic acids is 2. The number of pyridine rings is 2. The predicted octanol–water partition coefficient (Wildman–Crippen LogP) is 4.61. The van der Waals surface area contributed by atoms with Gasteiger partial charge in [0, 0.05) is 61.6 Å². The van der Waals surface area contributed by atoms with Crippen molar-refractivity contribution in [1.82, 2.24) is 9.55 Å². The second-order valence-electron chi connectivity index (χ2n) is 10.1. The number of aromatic nitrogens is 2. The Bertz CT molecular complexity index is 1630. The van der Waals surface area contributed by atoms with Crippen LogP contribution in [0.2, 0.25) is 0 Å². The number of anilines is 1. The summed E-state index contributed by atoms with van der Waals surface area (Å²) in [7, 11) is 1.78. The Labute approximate surface area is 230 Å². The highest BCUT2D eigenvalue weighted by atomic mass is 16.5. The van der Waals surface area contributed by atoms with Gasteiger partial charge in [0.1, 0.15) is 0 Å². The van der Waals surface area contributed by atoms with Crippen molar-refractivity contribution in [3.63, 3.8) is 0 Å². The van der Waals surface area contributed by atoms with Crippen molar-refractivity contribution in [3.05, 3.63) is 95.1 Å². The summed E-state index contributed by atoms with van der Waals surface area (Å²) >= 11 is 0. The number of benzene rings is 2. The largest absolute Gasteiger partial charge is 0.478 e. The van der Waals surface area contributed by atoms with E-state index in [1.807, 2.05) is 29.0 Å². The van der Waals surface area contributed by atoms with Crippen molar-refractivity contribution in [3.8, 4) is 0 Å². The number of rotatable bonds is 6. The fourth-order valence-electron chi connectivity index (χ4n) is 5.40. The van der Waals surface area contributed by atoms with E-state index in [0.29, 0.717) is 12.2 Å². The number of carboxylic acid groups (broad SMARTS) is 2. The van der Waals surface area contributed by atoms with Gasteiger partial charge in [0.05, 0.1) is 22.7 Å². The maximum atomic E-state index is 13.7. The Morgan fingerprint density at radius 2 is 1.73 bits per heavy atom. The zero-order chi connectivity index (χ0) is 28.2. The molecule has 206 valence electrons. The van der Waals surface area contributed by atoms with Gasteiger partial charge in [-0.3, -0.25) is 9.78 Å². The molecule has 0 radical (unpaired) electrons. The van der Waals surface area contributed by atoms with Gasteiger partial charge in [0.25, 0.3) is 5.56 Å². The smallest absolute Gasteiger partial charge is 0.328 e. The second-order valence-corrected chi connectivity index (χ2v) is 10.1. The fraction of sp³-hybridized carbons (Fsp3) is 0.290. The number of nitrogens with zero attached hydrogens (tertiary/aromatic N) is 3. The number of para-hydroxylation sites is 1. The Hall–Kier alpha value is -4.50. The maximum absolute atomic E-state index is 13.7. The van der Waals surface area contributed by atoms with Gasteiger partial charge in [0.15, 0.2) is 0 Å². The zero-order valence-corrected chi connectivity index (χ0v) is 22.1. The molecule has 1 aliphatic carbocycles. The Morgan fingerprint density at radius 3 is 2.48 bits per heavy atom. The third-order valence-corrected chi connectivity index (χ3v) is 7.47. The maximum Gasteiger partial charge on any atom is 0.328 e. The average Bonchev–Trinajstić information content (AvgIpc) is 3.77. The lowest BCUT2D eigenvalue weighted by atomic mass is 10.0. The minimum atomic E-state index is -1.26. The predicted molar refractivity (Wildman–Crippen MR) is 153 cm³/mol. The van der Waals surface area contributed by atoms with Crippen LogP contribution in [0.4, 0.5) is 5.69 Å². The first kappa shape index (κ1) is 27.1. The van der Waals surface area contributed by atoms with E-state index >= 15 is 0 Å². The van der Waals surface area contributed by atoms with Crippen LogP contribution in [-0.2, 0) is 14.3 Å². The lowest BCUT2D eigenvalue weighted by Crippen LogP contribution is -2.39. The molecule has 6 rings (SSSR count). The number of ether oxygens (including phenoxy) is 1. The van der Waals surface area contributed by atoms with Gasteiger partial charge in [0.2, 0.25) is 0 Å². The molecular weight excluding hydrogens is 510 g/mol. The van der Waals surface area contributed by atoms with E-state index in [9.17, 15) is 14.4 Å². The number of carboxylic acids is 2. The monoisotopic (exact) mass is 541 g/mol. The van der Waals surface area contributed by atoms with Gasteiger partial charge in [-0.15, -0.1) is 0 Å². The SMILES string of the molecule is COC1CCCN(c2cccc3ccn(C4CC4c4ccc5ccccc5n4)c(=O)c23)C1.O=C(O)C=CC(=O)O. The number of hydrogen-bond donors (Lipinski definition) is 2. The number of carbonyl (C=O) groups is 2. The van der Waals surface area contributed by atoms with Crippen LogP contribution >= 0.6 is 0 Å². The molecule has 2 N–H and O–H groups in total. The summed E-state index contributed by atoms with van der Waals surface area (Å²) in [5, 5.41) is 18.6. The highest BCUT2D eigenvalue weighted by Gasteiger charge is 2.42. The molecule has 3 heterocycles. The Balaban J connectivity index is 0.000000355. The van der Waals surface area contributed by atoms with E-state index in [-0.39, 0.29) is 23.6 Å². The summed E-state index contributed by atoms with van der Waals surface area (Å²) in [6.07, 6.45) is 6.41. The van der Waals surface area contributed by atoms with E-state index in [4.69, 9.17) is 19.9 Å². The first-order chi connectivity index (χ1) is 19.4. The number of methoxy groups -OCH3 is 1. The van der Waals surface area contributed by atoms with Crippen molar-refractivity contribution >= 4 is 39.3 Å². The lowest BCUT2D eigenvalue weighted by Gasteiger charge is -2.34. The lowest BCUT2D eigenvalue weighted by molar-refractivity contribution is -0.134. The molecule has 0 bridgehead atoms. The molecule has 40 heavy (non-hydrogen) atoms. The van der Waals surface area contributed by atoms with Gasteiger partial charge >= 0.3 is 11.9 Å². The van der Waals surface area contributed by atoms with Crippen LogP contribution in [0.5, 0.6) is 0 Å². The highest BCUT2D eigenvalue weighted by Crippen LogP contribution is 2.50. The molecule has 1 aliphatic heterocycles. The van der Waals surface area contributed by atoms with Crippen LogP contribution in [0.25, 0.3) is 21.7 Å². The summed E-state index contributed by atoms with van der Waals surface area (Å²) in [5.74, 6) is -2.23. The number of piperidine rings is 1. The molecule has 1 saturated heterocycles. The van der Waals surface area contributed by atoms with E-state index in [2.05, 4.69) is 47.4 Å². The van der Waals surface area contributed by atoms with Crippen LogP contribution in [0, 0.1) is 0 Å². The third-order valence-electron chi connectivity index (χ3n) is 7.47. The molecule has 3 unspecified atom stereocenters. The summed E-state index contributed by atoms with van der Waals surface area (Å²) in [6.45, 7) is 1.79. The van der Waals surface area contributed by atoms with Gasteiger partial charge in [-0.1, -0.05) is 36.4 Å². The first-order valence-electron chi connectivity index (χ1n) is 13.3. The van der Waals surface area contributed by atoms with E-state index in [1.165, 1.54) is 0 Å². The molecule has 0 spiro atoms. The zero-order valence-electron chi connectivity index (χ0n) is 22.1. The van der Waals surface area contributed by atoms with Gasteiger partial charge < -0.3 is 24.4 Å². The number of fused-ring (bicyclic) bond motifs is 2. The molecule has 9 heteroatoms. The third kappa shape index (κ3) is 5.89. The quantitative estimate of drug-likeness (QED) is 0.340. The van der Waals surface area contributed by atoms with Crippen LogP contribution in [0.3, 0.4) is 0 Å². The molecule has 4 aromatic rings. The van der Waals surface area contributed by atoms with Crippen LogP contribution in [-0.4, -0.2) is 58.0 Å². The number of hydrogen-bond acceptors (Lipinski definition) is 6. The topological polar surface area (TPSA) is 122 Å². The standard InChI is InChI=1S/C27H27N3O2.C4H4O4/c1-32-20-8-5-14-29(17-20)24-10-4-7-19-13-15-30(27(31)26(19)24)25-16-21(25)23-12-11-18-6-2-3-9-22(18)28-23;5-3(6)1-2-4(7)8/h2-4,6-7,9-13,15,20-21,25H,5,8,14,16-17H2,1H3;1-2H,(H,5,6)(H,7,8). The first-order valence-corrected chi connectivity index (χ1v) is 13.3. The average molecular weight is 542 g/mol. The van der Waals surface area contributed by atoms with Crippen molar-refractivity contribution in [2.75, 3.05) is 25.1 Å².